The number of likely N-dealkylation sites (tertiary alicyclic amines) is 1. The van der Waals surface area contributed by atoms with Crippen LogP contribution in [0.1, 0.15) is 35.7 Å². The Bertz CT molecular complexity index is 589. The van der Waals surface area contributed by atoms with Crippen LogP contribution in [-0.4, -0.2) is 62.4 Å². The summed E-state index contributed by atoms with van der Waals surface area (Å²) in [5, 5.41) is 3.46. The lowest BCUT2D eigenvalue weighted by atomic mass is 10.0. The van der Waals surface area contributed by atoms with Gasteiger partial charge < -0.3 is 15.1 Å². The van der Waals surface area contributed by atoms with Gasteiger partial charge in [-0.2, -0.15) is 0 Å². The van der Waals surface area contributed by atoms with E-state index in [-0.39, 0.29) is 29.9 Å². The van der Waals surface area contributed by atoms with Gasteiger partial charge >= 0.3 is 0 Å². The zero-order chi connectivity index (χ0) is 17.5. The minimum Gasteiger partial charge on any atom is -0.356 e. The van der Waals surface area contributed by atoms with Gasteiger partial charge in [-0.3, -0.25) is 9.79 Å². The third kappa shape index (κ3) is 6.49. The quantitative estimate of drug-likeness (QED) is 0.429. The molecule has 0 spiro atoms. The van der Waals surface area contributed by atoms with Gasteiger partial charge in [0.1, 0.15) is 0 Å². The lowest BCUT2D eigenvalue weighted by Gasteiger charge is -2.33. The summed E-state index contributed by atoms with van der Waals surface area (Å²) in [6.07, 6.45) is 3.41. The zero-order valence-electron chi connectivity index (χ0n) is 15.8. The molecule has 1 aliphatic rings. The van der Waals surface area contributed by atoms with E-state index in [4.69, 9.17) is 0 Å². The Kier molecular flexibility index (Phi) is 9.24. The SMILES string of the molecule is CN=C(NCCc1cccc(C(=O)N(C)C)c1)N1CCCC(C)C1.I. The maximum Gasteiger partial charge on any atom is 0.253 e. The molecule has 0 aromatic heterocycles. The van der Waals surface area contributed by atoms with Crippen molar-refractivity contribution in [3.63, 3.8) is 0 Å². The summed E-state index contributed by atoms with van der Waals surface area (Å²) in [6, 6.07) is 7.87. The number of benzene rings is 1. The van der Waals surface area contributed by atoms with Gasteiger partial charge in [0.25, 0.3) is 5.91 Å². The standard InChI is InChI=1S/C19H30N4O.HI/c1-15-7-6-12-23(14-15)19(20-2)21-11-10-16-8-5-9-17(13-16)18(24)22(3)4;/h5,8-9,13,15H,6-7,10-12,14H2,1-4H3,(H,20,21);1H. The molecule has 1 saturated heterocycles. The molecule has 5 nitrogen and oxygen atoms in total. The Balaban J connectivity index is 0.00000312. The van der Waals surface area contributed by atoms with Crippen LogP contribution in [0.4, 0.5) is 0 Å². The van der Waals surface area contributed by atoms with Crippen molar-refractivity contribution in [1.82, 2.24) is 15.1 Å². The van der Waals surface area contributed by atoms with Gasteiger partial charge in [0.2, 0.25) is 0 Å². The molecule has 1 heterocycles. The van der Waals surface area contributed by atoms with E-state index in [1.165, 1.54) is 12.8 Å². The summed E-state index contributed by atoms with van der Waals surface area (Å²) in [4.78, 5) is 20.4. The third-order valence-electron chi connectivity index (χ3n) is 4.45. The molecule has 2 rings (SSSR count). The molecule has 1 N–H and O–H groups in total. The number of hydrogen-bond acceptors (Lipinski definition) is 2. The molecular formula is C19H31IN4O. The fourth-order valence-corrected chi connectivity index (χ4v) is 3.15. The molecule has 1 amide bonds. The average Bonchev–Trinajstić information content (AvgIpc) is 2.58. The Hall–Kier alpha value is -1.31. The van der Waals surface area contributed by atoms with Gasteiger partial charge in [-0.25, -0.2) is 0 Å². The highest BCUT2D eigenvalue weighted by molar-refractivity contribution is 14.0. The molecule has 0 aliphatic carbocycles. The van der Waals surface area contributed by atoms with E-state index >= 15 is 0 Å². The van der Waals surface area contributed by atoms with Crippen LogP contribution in [0.5, 0.6) is 0 Å². The molecule has 1 unspecified atom stereocenters. The second-order valence-corrected chi connectivity index (χ2v) is 6.82. The van der Waals surface area contributed by atoms with Crippen LogP contribution < -0.4 is 5.32 Å². The fraction of sp³-hybridized carbons (Fsp3) is 0.579. The molecule has 140 valence electrons. The van der Waals surface area contributed by atoms with E-state index in [0.29, 0.717) is 0 Å². The van der Waals surface area contributed by atoms with Gasteiger partial charge in [0, 0.05) is 46.3 Å². The number of carbonyl (C=O) groups is 1. The van der Waals surface area contributed by atoms with Crippen LogP contribution in [0.3, 0.4) is 0 Å². The molecule has 6 heteroatoms. The van der Waals surface area contributed by atoms with Crippen molar-refractivity contribution < 1.29 is 4.79 Å². The summed E-state index contributed by atoms with van der Waals surface area (Å²) in [5.74, 6) is 1.76. The number of halogens is 1. The van der Waals surface area contributed by atoms with Crippen molar-refractivity contribution in [2.45, 2.75) is 26.2 Å². The highest BCUT2D eigenvalue weighted by Crippen LogP contribution is 2.15. The minimum atomic E-state index is 0. The van der Waals surface area contributed by atoms with Crippen LogP contribution in [0.15, 0.2) is 29.3 Å². The largest absolute Gasteiger partial charge is 0.356 e. The van der Waals surface area contributed by atoms with Crippen molar-refractivity contribution in [1.29, 1.82) is 0 Å². The first-order valence-corrected chi connectivity index (χ1v) is 8.77. The monoisotopic (exact) mass is 458 g/mol. The highest BCUT2D eigenvalue weighted by Gasteiger charge is 2.18. The van der Waals surface area contributed by atoms with Crippen LogP contribution in [0, 0.1) is 5.92 Å². The number of rotatable bonds is 4. The van der Waals surface area contributed by atoms with Crippen molar-refractivity contribution in [3.8, 4) is 0 Å². The third-order valence-corrected chi connectivity index (χ3v) is 4.45. The second kappa shape index (κ2) is 10.6. The molecule has 1 aromatic carbocycles. The molecule has 1 fully saturated rings. The normalized spacial score (nSPS) is 17.7. The van der Waals surface area contributed by atoms with E-state index in [0.717, 1.165) is 49.1 Å². The highest BCUT2D eigenvalue weighted by atomic mass is 127. The fourth-order valence-electron chi connectivity index (χ4n) is 3.15. The number of hydrogen-bond donors (Lipinski definition) is 1. The van der Waals surface area contributed by atoms with E-state index < -0.39 is 0 Å². The first kappa shape index (κ1) is 21.7. The van der Waals surface area contributed by atoms with E-state index in [1.807, 2.05) is 25.2 Å². The molecule has 1 aromatic rings. The molecule has 0 saturated carbocycles. The van der Waals surface area contributed by atoms with Crippen molar-refractivity contribution >= 4 is 35.8 Å². The van der Waals surface area contributed by atoms with Crippen LogP contribution in [0.2, 0.25) is 0 Å². The first-order chi connectivity index (χ1) is 11.5. The number of nitrogens with zero attached hydrogens (tertiary/aromatic N) is 3. The average molecular weight is 458 g/mol. The number of nitrogens with one attached hydrogen (secondary N) is 1. The predicted octanol–water partition coefficient (Wildman–Crippen LogP) is 2.86. The maximum atomic E-state index is 12.0. The second-order valence-electron chi connectivity index (χ2n) is 6.82. The lowest BCUT2D eigenvalue weighted by Crippen LogP contribution is -2.46. The number of carbonyl (C=O) groups excluding carboxylic acids is 1. The van der Waals surface area contributed by atoms with Crippen molar-refractivity contribution in [2.24, 2.45) is 10.9 Å². The van der Waals surface area contributed by atoms with Gasteiger partial charge in [0.15, 0.2) is 5.96 Å². The smallest absolute Gasteiger partial charge is 0.253 e. The van der Waals surface area contributed by atoms with Crippen LogP contribution >= 0.6 is 24.0 Å². The van der Waals surface area contributed by atoms with E-state index in [2.05, 4.69) is 28.2 Å². The molecule has 0 radical (unpaired) electrons. The summed E-state index contributed by atoms with van der Waals surface area (Å²) in [7, 11) is 5.40. The van der Waals surface area contributed by atoms with Crippen LogP contribution in [-0.2, 0) is 6.42 Å². The number of piperidine rings is 1. The summed E-state index contributed by atoms with van der Waals surface area (Å²) in [6.45, 7) is 5.27. The first-order valence-electron chi connectivity index (χ1n) is 8.77. The molecule has 0 bridgehead atoms. The number of guanidine groups is 1. The number of aliphatic imine (C=N–C) groups is 1. The Labute approximate surface area is 168 Å². The Morgan fingerprint density at radius 1 is 1.40 bits per heavy atom. The maximum absolute atomic E-state index is 12.0. The molecular weight excluding hydrogens is 427 g/mol. The van der Waals surface area contributed by atoms with Crippen LogP contribution in [0.25, 0.3) is 0 Å². The zero-order valence-corrected chi connectivity index (χ0v) is 18.1. The van der Waals surface area contributed by atoms with Gasteiger partial charge in [-0.05, 0) is 42.9 Å². The topological polar surface area (TPSA) is 47.9 Å². The van der Waals surface area contributed by atoms with Gasteiger partial charge in [-0.15, -0.1) is 24.0 Å². The molecule has 1 atom stereocenters. The molecule has 1 aliphatic heterocycles. The van der Waals surface area contributed by atoms with E-state index in [1.54, 1.807) is 19.0 Å². The van der Waals surface area contributed by atoms with E-state index in [9.17, 15) is 4.79 Å². The summed E-state index contributed by atoms with van der Waals surface area (Å²) < 4.78 is 0. The van der Waals surface area contributed by atoms with Crippen molar-refractivity contribution in [2.75, 3.05) is 40.8 Å². The Morgan fingerprint density at radius 2 is 2.16 bits per heavy atom. The van der Waals surface area contributed by atoms with Gasteiger partial charge in [-0.1, -0.05) is 19.1 Å². The lowest BCUT2D eigenvalue weighted by molar-refractivity contribution is 0.0827. The number of amides is 1. The predicted molar refractivity (Wildman–Crippen MR) is 115 cm³/mol. The summed E-state index contributed by atoms with van der Waals surface area (Å²) >= 11 is 0. The molecule has 25 heavy (non-hydrogen) atoms. The Morgan fingerprint density at radius 3 is 2.80 bits per heavy atom. The van der Waals surface area contributed by atoms with Crippen molar-refractivity contribution in [3.05, 3.63) is 35.4 Å². The summed E-state index contributed by atoms with van der Waals surface area (Å²) in [5.41, 5.74) is 1.91. The van der Waals surface area contributed by atoms with Gasteiger partial charge in [0.05, 0.1) is 0 Å². The minimum absolute atomic E-state index is 0.